The van der Waals surface area contributed by atoms with E-state index in [1.54, 1.807) is 30.5 Å². The smallest absolute Gasteiger partial charge is 0.259 e. The quantitative estimate of drug-likeness (QED) is 0.655. The van der Waals surface area contributed by atoms with E-state index >= 15 is 0 Å². The van der Waals surface area contributed by atoms with Crippen molar-refractivity contribution in [1.82, 2.24) is 10.2 Å². The predicted molar refractivity (Wildman–Crippen MR) is 95.5 cm³/mol. The van der Waals surface area contributed by atoms with Crippen LogP contribution in [0.3, 0.4) is 0 Å². The zero-order valence-electron chi connectivity index (χ0n) is 13.2. The van der Waals surface area contributed by atoms with E-state index in [9.17, 15) is 9.59 Å². The highest BCUT2D eigenvalue weighted by atomic mass is 32.1. The van der Waals surface area contributed by atoms with Crippen LogP contribution < -0.4 is 5.32 Å². The molecule has 0 radical (unpaired) electrons. The van der Waals surface area contributed by atoms with Gasteiger partial charge in [-0.15, -0.1) is 11.3 Å². The number of nitrogens with one attached hydrogen (secondary N) is 2. The summed E-state index contributed by atoms with van der Waals surface area (Å²) in [5.74, 6) is -0.177. The molecule has 0 aliphatic heterocycles. The fourth-order valence-electron chi connectivity index (χ4n) is 2.40. The number of rotatable bonds is 6. The lowest BCUT2D eigenvalue weighted by molar-refractivity contribution is 0.0979. The average molecular weight is 339 g/mol. The van der Waals surface area contributed by atoms with Gasteiger partial charge in [0.05, 0.1) is 10.4 Å². The van der Waals surface area contributed by atoms with Crippen molar-refractivity contribution in [2.24, 2.45) is 0 Å². The van der Waals surface area contributed by atoms with Crippen molar-refractivity contribution in [1.29, 1.82) is 0 Å². The molecule has 2 heterocycles. The summed E-state index contributed by atoms with van der Waals surface area (Å²) in [5.41, 5.74) is 2.31. The molecule has 0 aliphatic carbocycles. The Labute approximate surface area is 143 Å². The molecule has 0 aliphatic rings. The molecular formula is C18H17N3O2S. The molecule has 0 atom stereocenters. The van der Waals surface area contributed by atoms with Crippen molar-refractivity contribution in [2.75, 3.05) is 5.32 Å². The highest BCUT2D eigenvalue weighted by molar-refractivity contribution is 7.13. The molecular weight excluding hydrogens is 322 g/mol. The number of aromatic amines is 1. The Hall–Kier alpha value is -2.73. The second-order valence-corrected chi connectivity index (χ2v) is 6.28. The first-order valence-electron chi connectivity index (χ1n) is 7.71. The maximum absolute atomic E-state index is 12.5. The maximum Gasteiger partial charge on any atom is 0.259 e. The van der Waals surface area contributed by atoms with E-state index in [4.69, 9.17) is 0 Å². The number of hydrogen-bond acceptors (Lipinski definition) is 4. The number of Topliss-reactive ketones (excluding diaryl/α,β-unsaturated/α-hetero) is 1. The summed E-state index contributed by atoms with van der Waals surface area (Å²) in [7, 11) is 0. The number of hydrogen-bond donors (Lipinski definition) is 2. The summed E-state index contributed by atoms with van der Waals surface area (Å²) in [5, 5.41) is 11.7. The Kier molecular flexibility index (Phi) is 4.86. The molecule has 0 unspecified atom stereocenters. The van der Waals surface area contributed by atoms with Crippen molar-refractivity contribution in [2.45, 2.75) is 19.8 Å². The molecule has 6 heteroatoms. The second kappa shape index (κ2) is 7.23. The predicted octanol–water partition coefficient (Wildman–Crippen LogP) is 4.37. The molecule has 1 aromatic carbocycles. The Balaban J connectivity index is 1.80. The first-order valence-corrected chi connectivity index (χ1v) is 8.59. The summed E-state index contributed by atoms with van der Waals surface area (Å²) in [6.45, 7) is 1.97. The van der Waals surface area contributed by atoms with Crippen LogP contribution in [-0.4, -0.2) is 21.9 Å². The van der Waals surface area contributed by atoms with E-state index < -0.39 is 0 Å². The van der Waals surface area contributed by atoms with Gasteiger partial charge in [-0.05, 0) is 30.0 Å². The number of nitrogens with zero attached hydrogens (tertiary/aromatic N) is 1. The monoisotopic (exact) mass is 339 g/mol. The number of benzene rings is 1. The molecule has 0 fully saturated rings. The van der Waals surface area contributed by atoms with E-state index in [2.05, 4.69) is 15.5 Å². The zero-order chi connectivity index (χ0) is 16.9. The van der Waals surface area contributed by atoms with Crippen molar-refractivity contribution in [3.05, 3.63) is 59.1 Å². The summed E-state index contributed by atoms with van der Waals surface area (Å²) in [6, 6.07) is 10.9. The van der Waals surface area contributed by atoms with Gasteiger partial charge in [0, 0.05) is 23.9 Å². The minimum absolute atomic E-state index is 0.0798. The number of carbonyl (C=O) groups excluding carboxylic acids is 2. The van der Waals surface area contributed by atoms with Gasteiger partial charge < -0.3 is 5.32 Å². The van der Waals surface area contributed by atoms with Crippen LogP contribution >= 0.6 is 11.3 Å². The number of ketones is 1. The van der Waals surface area contributed by atoms with E-state index in [1.165, 1.54) is 11.3 Å². The van der Waals surface area contributed by atoms with Gasteiger partial charge in [0.1, 0.15) is 5.69 Å². The fraction of sp³-hybridized carbons (Fsp3) is 0.167. The van der Waals surface area contributed by atoms with Crippen LogP contribution in [0.15, 0.2) is 48.0 Å². The number of amides is 1. The van der Waals surface area contributed by atoms with Gasteiger partial charge >= 0.3 is 0 Å². The van der Waals surface area contributed by atoms with Crippen molar-refractivity contribution in [3.8, 4) is 10.6 Å². The minimum Gasteiger partial charge on any atom is -0.322 e. The van der Waals surface area contributed by atoms with E-state index in [0.29, 0.717) is 28.9 Å². The molecule has 1 amide bonds. The Morgan fingerprint density at radius 2 is 2.12 bits per heavy atom. The van der Waals surface area contributed by atoms with Crippen LogP contribution in [0.4, 0.5) is 5.69 Å². The van der Waals surface area contributed by atoms with Gasteiger partial charge in [0.25, 0.3) is 5.91 Å². The standard InChI is InChI=1S/C18H17N3O2S/c1-2-5-15(22)12-6-3-7-13(10-12)20-18(23)14-11-19-21-17(14)16-8-4-9-24-16/h3-4,6-11H,2,5H2,1H3,(H,19,21)(H,20,23). The Morgan fingerprint density at radius 1 is 1.25 bits per heavy atom. The first-order chi connectivity index (χ1) is 11.7. The third-order valence-electron chi connectivity index (χ3n) is 3.56. The van der Waals surface area contributed by atoms with Crippen LogP contribution in [0.1, 0.15) is 40.5 Å². The second-order valence-electron chi connectivity index (χ2n) is 5.33. The Bertz CT molecular complexity index is 853. The molecule has 24 heavy (non-hydrogen) atoms. The molecule has 0 saturated heterocycles. The van der Waals surface area contributed by atoms with Gasteiger partial charge in [-0.2, -0.15) is 5.10 Å². The molecule has 0 saturated carbocycles. The summed E-state index contributed by atoms with van der Waals surface area (Å²) < 4.78 is 0. The minimum atomic E-state index is -0.257. The van der Waals surface area contributed by atoms with Gasteiger partial charge in [0.15, 0.2) is 5.78 Å². The lowest BCUT2D eigenvalue weighted by Crippen LogP contribution is -2.12. The van der Waals surface area contributed by atoms with Crippen molar-refractivity contribution >= 4 is 28.7 Å². The topological polar surface area (TPSA) is 74.8 Å². The summed E-state index contributed by atoms with van der Waals surface area (Å²) in [6.07, 6.45) is 2.88. The first kappa shape index (κ1) is 16.1. The number of carbonyl (C=O) groups is 2. The molecule has 0 spiro atoms. The molecule has 5 nitrogen and oxygen atoms in total. The highest BCUT2D eigenvalue weighted by Gasteiger charge is 2.17. The number of H-pyrrole nitrogens is 1. The van der Waals surface area contributed by atoms with Crippen LogP contribution in [0.5, 0.6) is 0 Å². The number of anilines is 1. The molecule has 2 N–H and O–H groups in total. The lowest BCUT2D eigenvalue weighted by Gasteiger charge is -2.07. The lowest BCUT2D eigenvalue weighted by atomic mass is 10.1. The third-order valence-corrected chi connectivity index (χ3v) is 4.44. The van der Waals surface area contributed by atoms with Gasteiger partial charge in [-0.1, -0.05) is 25.1 Å². The maximum atomic E-state index is 12.5. The van der Waals surface area contributed by atoms with E-state index in [0.717, 1.165) is 11.3 Å². The van der Waals surface area contributed by atoms with E-state index in [1.807, 2.05) is 24.4 Å². The number of aromatic nitrogens is 2. The van der Waals surface area contributed by atoms with Gasteiger partial charge in [0.2, 0.25) is 0 Å². The molecule has 2 aromatic heterocycles. The van der Waals surface area contributed by atoms with Crippen LogP contribution in [0.2, 0.25) is 0 Å². The van der Waals surface area contributed by atoms with Crippen molar-refractivity contribution < 1.29 is 9.59 Å². The summed E-state index contributed by atoms with van der Waals surface area (Å²) >= 11 is 1.52. The van der Waals surface area contributed by atoms with E-state index in [-0.39, 0.29) is 11.7 Å². The molecule has 3 rings (SSSR count). The largest absolute Gasteiger partial charge is 0.322 e. The molecule has 3 aromatic rings. The fourth-order valence-corrected chi connectivity index (χ4v) is 3.13. The SMILES string of the molecule is CCCC(=O)c1cccc(NC(=O)c2c[nH]nc2-c2cccs2)c1. The zero-order valence-corrected chi connectivity index (χ0v) is 14.0. The van der Waals surface area contributed by atoms with Crippen LogP contribution in [-0.2, 0) is 0 Å². The van der Waals surface area contributed by atoms with Crippen LogP contribution in [0, 0.1) is 0 Å². The normalized spacial score (nSPS) is 10.5. The molecule has 122 valence electrons. The highest BCUT2D eigenvalue weighted by Crippen LogP contribution is 2.26. The summed E-state index contributed by atoms with van der Waals surface area (Å²) in [4.78, 5) is 25.5. The van der Waals surface area contributed by atoms with Gasteiger partial charge in [-0.25, -0.2) is 0 Å². The third kappa shape index (κ3) is 3.44. The number of thiophene rings is 1. The van der Waals surface area contributed by atoms with Crippen LogP contribution in [0.25, 0.3) is 10.6 Å². The van der Waals surface area contributed by atoms with Crippen molar-refractivity contribution in [3.63, 3.8) is 0 Å². The molecule has 0 bridgehead atoms. The van der Waals surface area contributed by atoms with Gasteiger partial charge in [-0.3, -0.25) is 14.7 Å². The Morgan fingerprint density at radius 3 is 2.88 bits per heavy atom. The average Bonchev–Trinajstić information content (AvgIpc) is 3.26.